The average molecular weight is 289 g/mol. The first-order valence-corrected chi connectivity index (χ1v) is 7.67. The van der Waals surface area contributed by atoms with Crippen molar-refractivity contribution in [2.75, 3.05) is 11.7 Å². The third kappa shape index (κ3) is 2.97. The summed E-state index contributed by atoms with van der Waals surface area (Å²) in [5.41, 5.74) is 7.02. The van der Waals surface area contributed by atoms with Crippen LogP contribution in [0.2, 0.25) is 0 Å². The van der Waals surface area contributed by atoms with Crippen molar-refractivity contribution >= 4 is 11.5 Å². The Labute approximate surface area is 125 Å². The highest BCUT2D eigenvalue weighted by molar-refractivity contribution is 5.96. The molecule has 2 unspecified atom stereocenters. The predicted octanol–water partition coefficient (Wildman–Crippen LogP) is 2.88. The summed E-state index contributed by atoms with van der Waals surface area (Å²) in [4.78, 5) is 2.14. The molecule has 2 aliphatic rings. The zero-order valence-corrected chi connectivity index (χ0v) is 12.5. The SMILES string of the molecule is CC(N)CC1CCCCC(=N)N1c1ccc2c(c1)OCO2. The van der Waals surface area contributed by atoms with Crippen LogP contribution < -0.4 is 20.1 Å². The van der Waals surface area contributed by atoms with Crippen LogP contribution in [-0.4, -0.2) is 24.7 Å². The highest BCUT2D eigenvalue weighted by Gasteiger charge is 2.27. The molecule has 1 fully saturated rings. The molecule has 0 bridgehead atoms. The summed E-state index contributed by atoms with van der Waals surface area (Å²) in [6, 6.07) is 6.36. The molecule has 2 atom stereocenters. The van der Waals surface area contributed by atoms with Gasteiger partial charge in [0.15, 0.2) is 11.5 Å². The third-order valence-electron chi connectivity index (χ3n) is 4.14. The number of fused-ring (bicyclic) bond motifs is 1. The number of hydrogen-bond donors (Lipinski definition) is 2. The number of ether oxygens (including phenoxy) is 2. The van der Waals surface area contributed by atoms with Gasteiger partial charge in [-0.05, 0) is 38.3 Å². The second-order valence-electron chi connectivity index (χ2n) is 5.97. The maximum absolute atomic E-state index is 8.41. The molecule has 0 saturated carbocycles. The van der Waals surface area contributed by atoms with Gasteiger partial charge in [0.2, 0.25) is 6.79 Å². The second kappa shape index (κ2) is 5.93. The zero-order chi connectivity index (χ0) is 14.8. The Bertz CT molecular complexity index is 530. The van der Waals surface area contributed by atoms with Crippen LogP contribution in [0, 0.1) is 5.41 Å². The van der Waals surface area contributed by atoms with Crippen LogP contribution in [-0.2, 0) is 0 Å². The molecule has 5 heteroatoms. The molecule has 0 amide bonds. The minimum Gasteiger partial charge on any atom is -0.454 e. The molecule has 114 valence electrons. The van der Waals surface area contributed by atoms with Gasteiger partial charge in [0.05, 0.1) is 0 Å². The number of anilines is 1. The molecule has 1 aromatic carbocycles. The Morgan fingerprint density at radius 2 is 2.14 bits per heavy atom. The van der Waals surface area contributed by atoms with E-state index in [0.717, 1.165) is 49.3 Å². The highest BCUT2D eigenvalue weighted by Crippen LogP contribution is 2.37. The Morgan fingerprint density at radius 3 is 2.95 bits per heavy atom. The van der Waals surface area contributed by atoms with Crippen molar-refractivity contribution in [2.45, 2.75) is 51.1 Å². The zero-order valence-electron chi connectivity index (χ0n) is 12.5. The van der Waals surface area contributed by atoms with Gasteiger partial charge in [0.1, 0.15) is 5.84 Å². The lowest BCUT2D eigenvalue weighted by Gasteiger charge is -2.33. The first kappa shape index (κ1) is 14.2. The van der Waals surface area contributed by atoms with Gasteiger partial charge in [0.25, 0.3) is 0 Å². The molecule has 3 N–H and O–H groups in total. The van der Waals surface area contributed by atoms with Crippen molar-refractivity contribution in [1.29, 1.82) is 5.41 Å². The summed E-state index contributed by atoms with van der Waals surface area (Å²) in [7, 11) is 0. The van der Waals surface area contributed by atoms with E-state index in [-0.39, 0.29) is 12.8 Å². The van der Waals surface area contributed by atoms with Gasteiger partial charge in [-0.25, -0.2) is 0 Å². The highest BCUT2D eigenvalue weighted by atomic mass is 16.7. The van der Waals surface area contributed by atoms with Crippen molar-refractivity contribution in [3.05, 3.63) is 18.2 Å². The number of nitrogens with two attached hydrogens (primary N) is 1. The van der Waals surface area contributed by atoms with Gasteiger partial charge in [-0.15, -0.1) is 0 Å². The molecular formula is C16H23N3O2. The van der Waals surface area contributed by atoms with Gasteiger partial charge in [-0.1, -0.05) is 6.42 Å². The maximum Gasteiger partial charge on any atom is 0.231 e. The second-order valence-corrected chi connectivity index (χ2v) is 5.97. The van der Waals surface area contributed by atoms with Crippen molar-refractivity contribution in [3.63, 3.8) is 0 Å². The van der Waals surface area contributed by atoms with Crippen LogP contribution in [0.3, 0.4) is 0 Å². The minimum absolute atomic E-state index is 0.136. The number of nitrogens with one attached hydrogen (secondary N) is 1. The Hall–Kier alpha value is -1.75. The number of benzene rings is 1. The van der Waals surface area contributed by atoms with E-state index in [1.54, 1.807) is 0 Å². The summed E-state index contributed by atoms with van der Waals surface area (Å²) in [6.07, 6.45) is 5.04. The van der Waals surface area contributed by atoms with Crippen LogP contribution in [0.5, 0.6) is 11.5 Å². The van der Waals surface area contributed by atoms with Gasteiger partial charge in [0, 0.05) is 30.3 Å². The van der Waals surface area contributed by atoms with Gasteiger partial charge in [-0.2, -0.15) is 0 Å². The standard InChI is InChI=1S/C16H23N3O2/c1-11(17)8-12-4-2-3-5-16(18)19(12)13-6-7-14-15(9-13)21-10-20-14/h6-7,9,11-12,18H,2-5,8,10,17H2,1H3. The lowest BCUT2D eigenvalue weighted by Crippen LogP contribution is -2.41. The molecule has 0 radical (unpaired) electrons. The van der Waals surface area contributed by atoms with Crippen molar-refractivity contribution in [3.8, 4) is 11.5 Å². The summed E-state index contributed by atoms with van der Waals surface area (Å²) in [5.74, 6) is 2.23. The fraction of sp³-hybridized carbons (Fsp3) is 0.562. The van der Waals surface area contributed by atoms with Gasteiger partial charge >= 0.3 is 0 Å². The fourth-order valence-electron chi connectivity index (χ4n) is 3.20. The lowest BCUT2D eigenvalue weighted by atomic mass is 10.0. The molecule has 1 aromatic rings. The smallest absolute Gasteiger partial charge is 0.231 e. The van der Waals surface area contributed by atoms with E-state index in [4.69, 9.17) is 20.6 Å². The number of amidine groups is 1. The molecule has 5 nitrogen and oxygen atoms in total. The molecular weight excluding hydrogens is 266 g/mol. The largest absolute Gasteiger partial charge is 0.454 e. The van der Waals surface area contributed by atoms with Crippen LogP contribution in [0.25, 0.3) is 0 Å². The average Bonchev–Trinajstić information content (AvgIpc) is 2.83. The lowest BCUT2D eigenvalue weighted by molar-refractivity contribution is 0.174. The molecule has 2 heterocycles. The Morgan fingerprint density at radius 1 is 1.33 bits per heavy atom. The number of hydrogen-bond acceptors (Lipinski definition) is 4. The number of rotatable bonds is 3. The van der Waals surface area contributed by atoms with Crippen molar-refractivity contribution in [1.82, 2.24) is 0 Å². The first-order valence-electron chi connectivity index (χ1n) is 7.67. The van der Waals surface area contributed by atoms with Crippen molar-refractivity contribution in [2.24, 2.45) is 5.73 Å². The van der Waals surface area contributed by atoms with E-state index in [1.165, 1.54) is 0 Å². The predicted molar refractivity (Wildman–Crippen MR) is 83.3 cm³/mol. The van der Waals surface area contributed by atoms with E-state index >= 15 is 0 Å². The minimum atomic E-state index is 0.136. The quantitative estimate of drug-likeness (QED) is 0.897. The van der Waals surface area contributed by atoms with Gasteiger partial charge in [-0.3, -0.25) is 5.41 Å². The van der Waals surface area contributed by atoms with E-state index < -0.39 is 0 Å². The van der Waals surface area contributed by atoms with Crippen LogP contribution in [0.15, 0.2) is 18.2 Å². The fourth-order valence-corrected chi connectivity index (χ4v) is 3.20. The molecule has 0 spiro atoms. The normalized spacial score (nSPS) is 23.0. The monoisotopic (exact) mass is 289 g/mol. The molecule has 21 heavy (non-hydrogen) atoms. The third-order valence-corrected chi connectivity index (χ3v) is 4.14. The first-order chi connectivity index (χ1) is 10.1. The van der Waals surface area contributed by atoms with Crippen LogP contribution in [0.4, 0.5) is 5.69 Å². The molecule has 3 rings (SSSR count). The van der Waals surface area contributed by atoms with E-state index in [2.05, 4.69) is 4.90 Å². The summed E-state index contributed by atoms with van der Waals surface area (Å²) < 4.78 is 10.8. The number of nitrogens with zero attached hydrogens (tertiary/aromatic N) is 1. The topological polar surface area (TPSA) is 71.6 Å². The molecule has 2 aliphatic heterocycles. The Balaban J connectivity index is 1.92. The molecule has 1 saturated heterocycles. The van der Waals surface area contributed by atoms with E-state index in [9.17, 15) is 0 Å². The van der Waals surface area contributed by atoms with E-state index in [0.29, 0.717) is 11.9 Å². The summed E-state index contributed by atoms with van der Waals surface area (Å²) >= 11 is 0. The van der Waals surface area contributed by atoms with Crippen molar-refractivity contribution < 1.29 is 9.47 Å². The van der Waals surface area contributed by atoms with Gasteiger partial charge < -0.3 is 20.1 Å². The Kier molecular flexibility index (Phi) is 4.01. The van der Waals surface area contributed by atoms with Crippen LogP contribution in [0.1, 0.15) is 39.0 Å². The molecule has 0 aliphatic carbocycles. The molecule has 0 aromatic heterocycles. The van der Waals surface area contributed by atoms with E-state index in [1.807, 2.05) is 25.1 Å². The van der Waals surface area contributed by atoms with Crippen LogP contribution >= 0.6 is 0 Å². The summed E-state index contributed by atoms with van der Waals surface area (Å²) in [5, 5.41) is 8.41. The summed E-state index contributed by atoms with van der Waals surface area (Å²) in [6.45, 7) is 2.31. The maximum atomic E-state index is 8.41.